The number of rotatable bonds is 4. The van der Waals surface area contributed by atoms with Crippen LogP contribution in [0.3, 0.4) is 0 Å². The van der Waals surface area contributed by atoms with E-state index in [-0.39, 0.29) is 5.54 Å². The van der Waals surface area contributed by atoms with E-state index in [0.29, 0.717) is 18.9 Å². The third-order valence-corrected chi connectivity index (χ3v) is 4.96. The molecule has 3 rings (SSSR count). The molecular weight excluding hydrogens is 264 g/mol. The van der Waals surface area contributed by atoms with Crippen molar-refractivity contribution in [1.82, 2.24) is 9.80 Å². The van der Waals surface area contributed by atoms with Crippen molar-refractivity contribution in [2.75, 3.05) is 19.6 Å². The molecule has 2 aliphatic rings. The second kappa shape index (κ2) is 6.06. The summed E-state index contributed by atoms with van der Waals surface area (Å²) in [6.07, 6.45) is 8.61. The minimum absolute atomic E-state index is 0.0726. The summed E-state index contributed by atoms with van der Waals surface area (Å²) >= 11 is 0. The van der Waals surface area contributed by atoms with E-state index >= 15 is 0 Å². The minimum Gasteiger partial charge on any atom is -0.468 e. The van der Waals surface area contributed by atoms with E-state index in [4.69, 9.17) is 4.42 Å². The molecule has 0 radical (unpaired) electrons. The average molecular weight is 288 g/mol. The van der Waals surface area contributed by atoms with E-state index in [0.717, 1.165) is 51.1 Å². The van der Waals surface area contributed by atoms with Crippen molar-refractivity contribution >= 4 is 5.91 Å². The highest BCUT2D eigenvalue weighted by Gasteiger charge is 2.44. The predicted octanol–water partition coefficient (Wildman–Crippen LogP) is 2.81. The molecule has 1 unspecified atom stereocenters. The minimum atomic E-state index is 0.0726. The molecule has 2 fully saturated rings. The summed E-state index contributed by atoms with van der Waals surface area (Å²) in [4.78, 5) is 16.7. The van der Waals surface area contributed by atoms with Gasteiger partial charge in [-0.3, -0.25) is 9.69 Å². The predicted molar refractivity (Wildman–Crippen MR) is 81.7 cm³/mol. The Balaban J connectivity index is 1.67. The van der Waals surface area contributed by atoms with Crippen molar-refractivity contribution in [3.63, 3.8) is 0 Å². The molecule has 4 nitrogen and oxygen atoms in total. The van der Waals surface area contributed by atoms with Crippen LogP contribution in [0.2, 0.25) is 0 Å². The smallest absolute Gasteiger partial charge is 0.223 e. The number of hydrogen-bond donors (Lipinski definition) is 0. The van der Waals surface area contributed by atoms with Gasteiger partial charge < -0.3 is 9.32 Å². The van der Waals surface area contributed by atoms with Crippen LogP contribution in [-0.4, -0.2) is 40.9 Å². The highest BCUT2D eigenvalue weighted by atomic mass is 16.3. The van der Waals surface area contributed by atoms with E-state index < -0.39 is 0 Å². The van der Waals surface area contributed by atoms with Gasteiger partial charge in [-0.2, -0.15) is 0 Å². The number of carbonyl (C=O) groups is 1. The maximum absolute atomic E-state index is 12.1. The highest BCUT2D eigenvalue weighted by molar-refractivity contribution is 5.79. The van der Waals surface area contributed by atoms with E-state index in [1.165, 1.54) is 0 Å². The first-order valence-electron chi connectivity index (χ1n) is 7.90. The molecule has 0 bridgehead atoms. The standard InChI is InChI=1S/C17H24N2O2/c1-2-10-19-16(20)6-8-17(19)7-4-11-18(12-9-17)14-15-5-3-13-21-15/h2-3,5,13H,1,4,6-12,14H2. The van der Waals surface area contributed by atoms with Gasteiger partial charge in [0, 0.05) is 25.0 Å². The lowest BCUT2D eigenvalue weighted by Crippen LogP contribution is -2.46. The molecule has 2 aliphatic heterocycles. The van der Waals surface area contributed by atoms with Crippen molar-refractivity contribution in [2.45, 2.75) is 44.2 Å². The van der Waals surface area contributed by atoms with Crippen molar-refractivity contribution in [3.8, 4) is 0 Å². The Bertz CT molecular complexity index is 497. The molecule has 1 amide bonds. The molecule has 114 valence electrons. The molecule has 1 atom stereocenters. The second-order valence-electron chi connectivity index (χ2n) is 6.23. The summed E-state index contributed by atoms with van der Waals surface area (Å²) in [6, 6.07) is 3.97. The highest BCUT2D eigenvalue weighted by Crippen LogP contribution is 2.39. The fourth-order valence-electron chi connectivity index (χ4n) is 3.83. The van der Waals surface area contributed by atoms with Gasteiger partial charge in [0.1, 0.15) is 5.76 Å². The molecule has 1 spiro atoms. The fraction of sp³-hybridized carbons (Fsp3) is 0.588. The molecule has 1 aromatic heterocycles. The Labute approximate surface area is 126 Å². The van der Waals surface area contributed by atoms with Gasteiger partial charge in [-0.1, -0.05) is 6.08 Å². The molecular formula is C17H24N2O2. The first-order chi connectivity index (χ1) is 10.2. The fourth-order valence-corrected chi connectivity index (χ4v) is 3.83. The van der Waals surface area contributed by atoms with Gasteiger partial charge >= 0.3 is 0 Å². The molecule has 21 heavy (non-hydrogen) atoms. The lowest BCUT2D eigenvalue weighted by molar-refractivity contribution is -0.130. The summed E-state index contributed by atoms with van der Waals surface area (Å²) in [5, 5.41) is 0. The van der Waals surface area contributed by atoms with Gasteiger partial charge in [0.25, 0.3) is 0 Å². The van der Waals surface area contributed by atoms with Crippen LogP contribution < -0.4 is 0 Å². The van der Waals surface area contributed by atoms with Gasteiger partial charge in [0.2, 0.25) is 5.91 Å². The molecule has 4 heteroatoms. The molecule has 3 heterocycles. The van der Waals surface area contributed by atoms with Crippen LogP contribution in [0.15, 0.2) is 35.5 Å². The number of amides is 1. The molecule has 1 aromatic rings. The van der Waals surface area contributed by atoms with Gasteiger partial charge in [0.15, 0.2) is 0 Å². The van der Waals surface area contributed by atoms with E-state index in [9.17, 15) is 4.79 Å². The molecule has 0 aromatic carbocycles. The van der Waals surface area contributed by atoms with Crippen LogP contribution in [0.5, 0.6) is 0 Å². The maximum atomic E-state index is 12.1. The Kier molecular flexibility index (Phi) is 4.15. The topological polar surface area (TPSA) is 36.7 Å². The summed E-state index contributed by atoms with van der Waals surface area (Å²) < 4.78 is 5.45. The normalized spacial score (nSPS) is 27.2. The van der Waals surface area contributed by atoms with Crippen molar-refractivity contribution in [3.05, 3.63) is 36.8 Å². The van der Waals surface area contributed by atoms with Crippen LogP contribution in [0, 0.1) is 0 Å². The van der Waals surface area contributed by atoms with Crippen molar-refractivity contribution in [2.24, 2.45) is 0 Å². The first-order valence-corrected chi connectivity index (χ1v) is 7.90. The van der Waals surface area contributed by atoms with Gasteiger partial charge in [0.05, 0.1) is 12.8 Å². The Hall–Kier alpha value is -1.55. The van der Waals surface area contributed by atoms with Crippen LogP contribution in [0.4, 0.5) is 0 Å². The number of hydrogen-bond acceptors (Lipinski definition) is 3. The Morgan fingerprint density at radius 1 is 1.33 bits per heavy atom. The van der Waals surface area contributed by atoms with Crippen LogP contribution in [0.25, 0.3) is 0 Å². The Morgan fingerprint density at radius 2 is 2.24 bits per heavy atom. The summed E-state index contributed by atoms with van der Waals surface area (Å²) in [5.74, 6) is 1.32. The number of likely N-dealkylation sites (tertiary alicyclic amines) is 2. The number of carbonyl (C=O) groups excluding carboxylic acids is 1. The van der Waals surface area contributed by atoms with Crippen molar-refractivity contribution < 1.29 is 9.21 Å². The summed E-state index contributed by atoms with van der Waals surface area (Å²) in [7, 11) is 0. The zero-order chi connectivity index (χ0) is 14.7. The quantitative estimate of drug-likeness (QED) is 0.799. The van der Waals surface area contributed by atoms with Gasteiger partial charge in [-0.15, -0.1) is 6.58 Å². The summed E-state index contributed by atoms with van der Waals surface area (Å²) in [6.45, 7) is 7.48. The average Bonchev–Trinajstić information content (AvgIpc) is 3.02. The first kappa shape index (κ1) is 14.4. The molecule has 0 N–H and O–H groups in total. The summed E-state index contributed by atoms with van der Waals surface area (Å²) in [5.41, 5.74) is 0.0726. The van der Waals surface area contributed by atoms with Crippen LogP contribution in [-0.2, 0) is 11.3 Å². The van der Waals surface area contributed by atoms with Crippen LogP contribution in [0.1, 0.15) is 37.9 Å². The number of furan rings is 1. The SMILES string of the molecule is C=CCN1C(=O)CCC12CCCN(Cc1ccco1)CC2. The molecule has 2 saturated heterocycles. The second-order valence-corrected chi connectivity index (χ2v) is 6.23. The van der Waals surface area contributed by atoms with Crippen LogP contribution >= 0.6 is 0 Å². The van der Waals surface area contributed by atoms with Gasteiger partial charge in [-0.05, 0) is 44.4 Å². The van der Waals surface area contributed by atoms with Crippen molar-refractivity contribution in [1.29, 1.82) is 0 Å². The third-order valence-electron chi connectivity index (χ3n) is 4.96. The Morgan fingerprint density at radius 3 is 3.00 bits per heavy atom. The third kappa shape index (κ3) is 2.91. The van der Waals surface area contributed by atoms with E-state index in [1.807, 2.05) is 18.2 Å². The maximum Gasteiger partial charge on any atom is 0.223 e. The zero-order valence-corrected chi connectivity index (χ0v) is 12.6. The molecule has 0 aliphatic carbocycles. The van der Waals surface area contributed by atoms with E-state index in [2.05, 4.69) is 16.4 Å². The number of nitrogens with zero attached hydrogens (tertiary/aromatic N) is 2. The lowest BCUT2D eigenvalue weighted by Gasteiger charge is -2.37. The van der Waals surface area contributed by atoms with Gasteiger partial charge in [-0.25, -0.2) is 0 Å². The zero-order valence-electron chi connectivity index (χ0n) is 12.6. The lowest BCUT2D eigenvalue weighted by atomic mass is 9.88. The largest absolute Gasteiger partial charge is 0.468 e. The van der Waals surface area contributed by atoms with E-state index in [1.54, 1.807) is 6.26 Å². The molecule has 0 saturated carbocycles. The monoisotopic (exact) mass is 288 g/mol.